The molecule has 400 valence electrons. The van der Waals surface area contributed by atoms with Crippen LogP contribution in [0.15, 0.2) is 82.6 Å². The molecule has 73 heavy (non-hydrogen) atoms. The van der Waals surface area contributed by atoms with Gasteiger partial charge in [-0.1, -0.05) is 70.7 Å². The van der Waals surface area contributed by atoms with Crippen molar-refractivity contribution in [1.82, 2.24) is 29.9 Å². The number of hydrogen-bond donors (Lipinski definition) is 4. The number of likely N-dealkylation sites (N-methyl/N-ethyl adjacent to an activating group) is 2. The zero-order valence-electron chi connectivity index (χ0n) is 41.5. The molecule has 0 fully saturated rings. The molecule has 21 heteroatoms. The van der Waals surface area contributed by atoms with Crippen molar-refractivity contribution in [3.05, 3.63) is 126 Å². The lowest BCUT2D eigenvalue weighted by Gasteiger charge is -2.33. The highest BCUT2D eigenvalue weighted by molar-refractivity contribution is 7.97. The van der Waals surface area contributed by atoms with Crippen molar-refractivity contribution >= 4 is 82.1 Å². The van der Waals surface area contributed by atoms with Crippen molar-refractivity contribution in [2.24, 2.45) is 0 Å². The van der Waals surface area contributed by atoms with Gasteiger partial charge in [0.25, 0.3) is 0 Å². The number of hydrogen-bond acceptors (Lipinski definition) is 15. The summed E-state index contributed by atoms with van der Waals surface area (Å²) in [6.45, 7) is 10.1. The Morgan fingerprint density at radius 2 is 0.877 bits per heavy atom. The highest BCUT2D eigenvalue weighted by Crippen LogP contribution is 2.40. The molecule has 4 aromatic rings. The summed E-state index contributed by atoms with van der Waals surface area (Å²) in [7, 11) is 4.23. The lowest BCUT2D eigenvalue weighted by molar-refractivity contribution is -0.131. The van der Waals surface area contributed by atoms with Crippen molar-refractivity contribution in [2.75, 3.05) is 146 Å². The molecule has 2 aliphatic heterocycles. The minimum Gasteiger partial charge on any atom is -0.378 e. The minimum absolute atomic E-state index is 0.190. The van der Waals surface area contributed by atoms with Crippen LogP contribution in [0.1, 0.15) is 45.2 Å². The molecule has 2 amide bonds. The number of carbonyl (C=O) groups excluding carboxylic acids is 2. The molecule has 15 nitrogen and oxygen atoms in total. The van der Waals surface area contributed by atoms with Gasteiger partial charge >= 0.3 is 0 Å². The van der Waals surface area contributed by atoms with Crippen molar-refractivity contribution < 1.29 is 42.7 Å². The Hall–Kier alpha value is -2.76. The molecule has 2 unspecified atom stereocenters. The summed E-state index contributed by atoms with van der Waals surface area (Å²) in [4.78, 5) is 30.9. The van der Waals surface area contributed by atoms with Crippen LogP contribution in [0.4, 0.5) is 0 Å². The molecule has 0 bridgehead atoms. The number of ether oxygens (including phenoxy) is 7. The van der Waals surface area contributed by atoms with Crippen LogP contribution < -0.4 is 20.1 Å². The van der Waals surface area contributed by atoms with Crippen LogP contribution in [0, 0.1) is 0 Å². The Morgan fingerprint density at radius 3 is 1.27 bits per heavy atom. The molecular formula is C52H68Cl4N6O9S2. The fourth-order valence-corrected chi connectivity index (χ4v) is 10.8. The molecule has 0 saturated heterocycles. The van der Waals surface area contributed by atoms with E-state index in [1.165, 1.54) is 22.3 Å². The zero-order valence-corrected chi connectivity index (χ0v) is 46.2. The maximum absolute atomic E-state index is 12.0. The van der Waals surface area contributed by atoms with Gasteiger partial charge in [0, 0.05) is 94.1 Å². The molecule has 4 aromatic carbocycles. The van der Waals surface area contributed by atoms with Gasteiger partial charge in [0.2, 0.25) is 11.8 Å². The van der Waals surface area contributed by atoms with E-state index in [1.807, 2.05) is 24.3 Å². The summed E-state index contributed by atoms with van der Waals surface area (Å²) in [5.41, 5.74) is 7.12. The van der Waals surface area contributed by atoms with Crippen LogP contribution in [0.2, 0.25) is 20.1 Å². The van der Waals surface area contributed by atoms with E-state index in [0.717, 1.165) is 47.1 Å². The predicted molar refractivity (Wildman–Crippen MR) is 292 cm³/mol. The standard InChI is InChI=1S/C52H68Cl4N6O9S2/c1-61-31-45(43-27-39(53)29-49(55)47(43)33-61)37-5-3-7-41(25-37)72-59-11-15-67-19-23-69-21-17-65-13-9-57-51(63)35-71-36-52(64)58-10-14-66-18-22-70-24-20-68-16-12-60-73-42-8-4-6-38(26-42)46-32-62(2)34-48-44(46)28-40(54)30-50(48)56/h3-8,25-30,45-46,59-60H,9-24,31-36H2,1-2H3,(H,57,63)(H,58,64). The van der Waals surface area contributed by atoms with E-state index in [-0.39, 0.29) is 36.9 Å². The Kier molecular flexibility index (Phi) is 27.2. The number of nitrogens with one attached hydrogen (secondary N) is 4. The second-order valence-corrected chi connectivity index (χ2v) is 21.0. The number of nitrogens with zero attached hydrogens (tertiary/aromatic N) is 2. The molecule has 2 heterocycles. The molecule has 4 N–H and O–H groups in total. The molecular weight excluding hydrogens is 1060 g/mol. The van der Waals surface area contributed by atoms with Crippen LogP contribution in [0.5, 0.6) is 0 Å². The smallest absolute Gasteiger partial charge is 0.246 e. The second kappa shape index (κ2) is 33.4. The first-order chi connectivity index (χ1) is 35.5. The fraction of sp³-hybridized carbons (Fsp3) is 0.500. The van der Waals surface area contributed by atoms with Gasteiger partial charge in [0.15, 0.2) is 0 Å². The number of amides is 2. The summed E-state index contributed by atoms with van der Waals surface area (Å²) in [5, 5.41) is 8.15. The monoisotopic (exact) mass is 1120 g/mol. The van der Waals surface area contributed by atoms with E-state index >= 15 is 0 Å². The maximum atomic E-state index is 12.0. The number of benzene rings is 4. The van der Waals surface area contributed by atoms with Crippen LogP contribution in [0.25, 0.3) is 0 Å². The van der Waals surface area contributed by atoms with Crippen LogP contribution in [-0.2, 0) is 55.8 Å². The van der Waals surface area contributed by atoms with Crippen molar-refractivity contribution in [2.45, 2.75) is 34.7 Å². The number of rotatable bonds is 34. The molecule has 0 aromatic heterocycles. The number of halogens is 4. The average molecular weight is 1130 g/mol. The third-order valence-corrected chi connectivity index (χ3v) is 14.5. The van der Waals surface area contributed by atoms with Gasteiger partial charge in [0.1, 0.15) is 13.2 Å². The van der Waals surface area contributed by atoms with Crippen LogP contribution in [0.3, 0.4) is 0 Å². The lowest BCUT2D eigenvalue weighted by Crippen LogP contribution is -2.34. The molecule has 0 aliphatic carbocycles. The zero-order chi connectivity index (χ0) is 51.6. The second-order valence-electron chi connectivity index (χ2n) is 17.4. The Labute approximate surface area is 458 Å². The quantitative estimate of drug-likeness (QED) is 0.0267. The number of carbonyl (C=O) groups is 2. The van der Waals surface area contributed by atoms with Gasteiger partial charge in [-0.05, 0) is 120 Å². The SMILES string of the molecule is CN1Cc2c(Cl)cc(Cl)cc2C(c2cccc(SNCCOCCOCCOCCNC(=O)COCC(=O)NCCOCCOCCOCCNSc3cccc(C4CN(C)Cc5c(Cl)cc(Cl)cc54)c3)c2)C1. The van der Waals surface area contributed by atoms with Gasteiger partial charge < -0.3 is 53.6 Å². The van der Waals surface area contributed by atoms with E-state index in [2.05, 4.69) is 92.5 Å². The molecule has 6 rings (SSSR count). The Morgan fingerprint density at radius 1 is 0.507 bits per heavy atom. The van der Waals surface area contributed by atoms with E-state index in [9.17, 15) is 9.59 Å². The third kappa shape index (κ3) is 21.3. The fourth-order valence-electron chi connectivity index (χ4n) is 8.29. The lowest BCUT2D eigenvalue weighted by atomic mass is 9.85. The van der Waals surface area contributed by atoms with Crippen molar-refractivity contribution in [3.63, 3.8) is 0 Å². The van der Waals surface area contributed by atoms with Crippen LogP contribution >= 0.6 is 70.3 Å². The molecule has 2 aliphatic rings. The topological polar surface area (TPSA) is 153 Å². The van der Waals surface area contributed by atoms with Crippen molar-refractivity contribution in [1.29, 1.82) is 0 Å². The molecule has 0 saturated carbocycles. The summed E-state index contributed by atoms with van der Waals surface area (Å²) in [6, 6.07) is 24.8. The third-order valence-electron chi connectivity index (χ3n) is 11.7. The van der Waals surface area contributed by atoms with Gasteiger partial charge in [-0.3, -0.25) is 19.0 Å². The maximum Gasteiger partial charge on any atom is 0.246 e. The van der Waals surface area contributed by atoms with Gasteiger partial charge in [-0.15, -0.1) is 0 Å². The molecule has 0 radical (unpaired) electrons. The van der Waals surface area contributed by atoms with Gasteiger partial charge in [-0.2, -0.15) is 0 Å². The summed E-state index contributed by atoms with van der Waals surface area (Å²) >= 11 is 29.0. The highest BCUT2D eigenvalue weighted by atomic mass is 35.5. The van der Waals surface area contributed by atoms with Crippen LogP contribution in [-0.4, -0.2) is 167 Å². The normalized spacial score (nSPS) is 15.8. The van der Waals surface area contributed by atoms with E-state index in [0.29, 0.717) is 126 Å². The summed E-state index contributed by atoms with van der Waals surface area (Å²) < 4.78 is 45.5. The molecule has 2 atom stereocenters. The average Bonchev–Trinajstić information content (AvgIpc) is 3.36. The van der Waals surface area contributed by atoms with E-state index < -0.39 is 0 Å². The largest absolute Gasteiger partial charge is 0.378 e. The first-order valence-corrected chi connectivity index (χ1v) is 27.6. The van der Waals surface area contributed by atoms with E-state index in [4.69, 9.17) is 79.6 Å². The predicted octanol–water partition coefficient (Wildman–Crippen LogP) is 7.70. The minimum atomic E-state index is -0.337. The first-order valence-electron chi connectivity index (χ1n) is 24.4. The highest BCUT2D eigenvalue weighted by Gasteiger charge is 2.29. The molecule has 0 spiro atoms. The first kappa shape index (κ1) is 59.5. The summed E-state index contributed by atoms with van der Waals surface area (Å²) in [6.07, 6.45) is 0. The van der Waals surface area contributed by atoms with Gasteiger partial charge in [-0.25, -0.2) is 0 Å². The van der Waals surface area contributed by atoms with Gasteiger partial charge in [0.05, 0.1) is 79.3 Å². The summed E-state index contributed by atoms with van der Waals surface area (Å²) in [5.74, 6) is -0.294. The van der Waals surface area contributed by atoms with E-state index in [1.54, 1.807) is 23.9 Å². The Bertz CT molecular complexity index is 2170. The van der Waals surface area contributed by atoms with Crippen molar-refractivity contribution in [3.8, 4) is 0 Å². The Balaban J connectivity index is 0.656. The number of fused-ring (bicyclic) bond motifs is 2.